The van der Waals surface area contributed by atoms with Gasteiger partial charge in [-0.2, -0.15) is 0 Å². The standard InChI is InChI=1S/C19H23ClN2O3S/c1-12-9-13(2)19(14(3)10-12)21-18(23)11-17(22-26(4,24)25)15-5-7-16(20)8-6-15/h5-10,17,22H,11H2,1-4H3,(H,21,23)/t17-/m0/s1. The maximum atomic E-state index is 12.6. The number of nitrogens with one attached hydrogen (secondary N) is 2. The highest BCUT2D eigenvalue weighted by Gasteiger charge is 2.20. The average Bonchev–Trinajstić information content (AvgIpc) is 2.49. The number of rotatable bonds is 6. The van der Waals surface area contributed by atoms with Gasteiger partial charge in [-0.25, -0.2) is 13.1 Å². The first-order chi connectivity index (χ1) is 12.0. The third-order valence-electron chi connectivity index (χ3n) is 3.96. The fourth-order valence-electron chi connectivity index (χ4n) is 2.93. The van der Waals surface area contributed by atoms with Gasteiger partial charge in [0.15, 0.2) is 0 Å². The van der Waals surface area contributed by atoms with Gasteiger partial charge in [0.05, 0.1) is 12.3 Å². The third-order valence-corrected chi connectivity index (χ3v) is 4.92. The van der Waals surface area contributed by atoms with Crippen LogP contribution in [0.5, 0.6) is 0 Å². The van der Waals surface area contributed by atoms with Crippen LogP contribution in [0, 0.1) is 20.8 Å². The summed E-state index contributed by atoms with van der Waals surface area (Å²) in [6, 6.07) is 10.1. The topological polar surface area (TPSA) is 75.3 Å². The fraction of sp³-hybridized carbons (Fsp3) is 0.316. The molecule has 0 radical (unpaired) electrons. The number of hydrogen-bond acceptors (Lipinski definition) is 3. The average molecular weight is 395 g/mol. The van der Waals surface area contributed by atoms with E-state index in [9.17, 15) is 13.2 Å². The molecular weight excluding hydrogens is 372 g/mol. The van der Waals surface area contributed by atoms with Crippen LogP contribution in [0.2, 0.25) is 5.02 Å². The van der Waals surface area contributed by atoms with Crippen LogP contribution >= 0.6 is 11.6 Å². The van der Waals surface area contributed by atoms with E-state index in [-0.39, 0.29) is 12.3 Å². The van der Waals surface area contributed by atoms with Gasteiger partial charge in [-0.05, 0) is 49.6 Å². The number of carbonyl (C=O) groups is 1. The van der Waals surface area contributed by atoms with E-state index in [1.165, 1.54) is 0 Å². The van der Waals surface area contributed by atoms with Gasteiger partial charge in [0, 0.05) is 17.1 Å². The second kappa shape index (κ2) is 8.20. The van der Waals surface area contributed by atoms with Crippen LogP contribution in [0.4, 0.5) is 5.69 Å². The van der Waals surface area contributed by atoms with E-state index in [0.717, 1.165) is 28.6 Å². The van der Waals surface area contributed by atoms with E-state index in [4.69, 9.17) is 11.6 Å². The Labute approximate surface area is 159 Å². The number of anilines is 1. The normalized spacial score (nSPS) is 12.7. The van der Waals surface area contributed by atoms with E-state index in [1.54, 1.807) is 24.3 Å². The van der Waals surface area contributed by atoms with Crippen molar-refractivity contribution < 1.29 is 13.2 Å². The van der Waals surface area contributed by atoms with Crippen LogP contribution in [0.15, 0.2) is 36.4 Å². The summed E-state index contributed by atoms with van der Waals surface area (Å²) < 4.78 is 25.9. The molecule has 0 aliphatic carbocycles. The van der Waals surface area contributed by atoms with Crippen molar-refractivity contribution in [2.24, 2.45) is 0 Å². The van der Waals surface area contributed by atoms with E-state index < -0.39 is 16.1 Å². The zero-order valence-corrected chi connectivity index (χ0v) is 16.8. The quantitative estimate of drug-likeness (QED) is 0.780. The van der Waals surface area contributed by atoms with Crippen molar-refractivity contribution in [1.82, 2.24) is 4.72 Å². The highest BCUT2D eigenvalue weighted by molar-refractivity contribution is 7.88. The Kier molecular flexibility index (Phi) is 6.44. The fourth-order valence-corrected chi connectivity index (χ4v) is 3.80. The van der Waals surface area contributed by atoms with Crippen molar-refractivity contribution in [3.63, 3.8) is 0 Å². The molecule has 0 heterocycles. The summed E-state index contributed by atoms with van der Waals surface area (Å²) in [4.78, 5) is 12.6. The molecule has 0 saturated carbocycles. The maximum Gasteiger partial charge on any atom is 0.226 e. The van der Waals surface area contributed by atoms with E-state index in [2.05, 4.69) is 10.0 Å². The van der Waals surface area contributed by atoms with Gasteiger partial charge in [-0.1, -0.05) is 41.4 Å². The number of amides is 1. The molecule has 0 unspecified atom stereocenters. The van der Waals surface area contributed by atoms with Crippen LogP contribution in [0.3, 0.4) is 0 Å². The van der Waals surface area contributed by atoms with Crippen LogP contribution < -0.4 is 10.0 Å². The molecule has 0 saturated heterocycles. The van der Waals surface area contributed by atoms with Gasteiger partial charge < -0.3 is 5.32 Å². The summed E-state index contributed by atoms with van der Waals surface area (Å²) in [6.07, 6.45) is 1.05. The Morgan fingerprint density at radius 3 is 2.12 bits per heavy atom. The van der Waals surface area contributed by atoms with Crippen LogP contribution in [-0.2, 0) is 14.8 Å². The lowest BCUT2D eigenvalue weighted by atomic mass is 10.0. The largest absolute Gasteiger partial charge is 0.326 e. The van der Waals surface area contributed by atoms with Crippen molar-refractivity contribution in [3.8, 4) is 0 Å². The summed E-state index contributed by atoms with van der Waals surface area (Å²) in [5.74, 6) is -0.267. The molecule has 0 aliphatic heterocycles. The van der Waals surface area contributed by atoms with E-state index in [0.29, 0.717) is 10.6 Å². The number of hydrogen-bond donors (Lipinski definition) is 2. The first-order valence-electron chi connectivity index (χ1n) is 8.15. The zero-order chi connectivity index (χ0) is 19.5. The van der Waals surface area contributed by atoms with Gasteiger partial charge in [0.2, 0.25) is 15.9 Å². The van der Waals surface area contributed by atoms with Gasteiger partial charge in [0.25, 0.3) is 0 Å². The minimum atomic E-state index is -3.49. The molecule has 0 bridgehead atoms. The smallest absolute Gasteiger partial charge is 0.226 e. The molecule has 0 spiro atoms. The van der Waals surface area contributed by atoms with E-state index in [1.807, 2.05) is 32.9 Å². The highest BCUT2D eigenvalue weighted by Crippen LogP contribution is 2.24. The Hall–Kier alpha value is -1.89. The molecule has 0 aromatic heterocycles. The van der Waals surface area contributed by atoms with Gasteiger partial charge in [0.1, 0.15) is 0 Å². The molecule has 0 fully saturated rings. The number of aryl methyl sites for hydroxylation is 3. The number of halogens is 1. The predicted molar refractivity (Wildman–Crippen MR) is 106 cm³/mol. The van der Waals surface area contributed by atoms with Gasteiger partial charge in [-0.15, -0.1) is 0 Å². The molecule has 0 aliphatic rings. The molecule has 2 aromatic rings. The lowest BCUT2D eigenvalue weighted by molar-refractivity contribution is -0.116. The maximum absolute atomic E-state index is 12.6. The van der Waals surface area contributed by atoms with Gasteiger partial charge >= 0.3 is 0 Å². The van der Waals surface area contributed by atoms with E-state index >= 15 is 0 Å². The SMILES string of the molecule is Cc1cc(C)c(NC(=O)C[C@H](NS(C)(=O)=O)c2ccc(Cl)cc2)c(C)c1. The number of carbonyl (C=O) groups excluding carboxylic acids is 1. The molecule has 1 amide bonds. The first-order valence-corrected chi connectivity index (χ1v) is 10.4. The van der Waals surface area contributed by atoms with Crippen LogP contribution in [-0.4, -0.2) is 20.6 Å². The molecular formula is C19H23ClN2O3S. The van der Waals surface area contributed by atoms with Crippen LogP contribution in [0.1, 0.15) is 34.7 Å². The highest BCUT2D eigenvalue weighted by atomic mass is 35.5. The summed E-state index contributed by atoms with van der Waals surface area (Å²) in [7, 11) is -3.49. The Morgan fingerprint density at radius 1 is 1.08 bits per heavy atom. The lowest BCUT2D eigenvalue weighted by Gasteiger charge is -2.19. The predicted octanol–water partition coefficient (Wildman–Crippen LogP) is 3.88. The summed E-state index contributed by atoms with van der Waals surface area (Å²) >= 11 is 5.89. The molecule has 140 valence electrons. The third kappa shape index (κ3) is 5.83. The molecule has 26 heavy (non-hydrogen) atoms. The van der Waals surface area contributed by atoms with Crippen molar-refractivity contribution in [3.05, 3.63) is 63.7 Å². The number of benzene rings is 2. The zero-order valence-electron chi connectivity index (χ0n) is 15.3. The van der Waals surface area contributed by atoms with Crippen molar-refractivity contribution in [1.29, 1.82) is 0 Å². The summed E-state index contributed by atoms with van der Waals surface area (Å²) in [5, 5.41) is 3.45. The monoisotopic (exact) mass is 394 g/mol. The minimum absolute atomic E-state index is 0.0263. The molecule has 7 heteroatoms. The lowest BCUT2D eigenvalue weighted by Crippen LogP contribution is -2.31. The Bertz CT molecular complexity index is 886. The Balaban J connectivity index is 2.22. The van der Waals surface area contributed by atoms with Crippen LogP contribution in [0.25, 0.3) is 0 Å². The minimum Gasteiger partial charge on any atom is -0.326 e. The van der Waals surface area contributed by atoms with Crippen molar-refractivity contribution in [2.45, 2.75) is 33.2 Å². The molecule has 1 atom stereocenters. The van der Waals surface area contributed by atoms with Gasteiger partial charge in [-0.3, -0.25) is 4.79 Å². The molecule has 2 N–H and O–H groups in total. The summed E-state index contributed by atoms with van der Waals surface area (Å²) in [5.41, 5.74) is 4.49. The van der Waals surface area contributed by atoms with Crippen molar-refractivity contribution >= 4 is 33.2 Å². The van der Waals surface area contributed by atoms with Crippen molar-refractivity contribution in [2.75, 3.05) is 11.6 Å². The number of sulfonamides is 1. The molecule has 2 aromatic carbocycles. The molecule has 2 rings (SSSR count). The Morgan fingerprint density at radius 2 is 1.62 bits per heavy atom. The second-order valence-corrected chi connectivity index (χ2v) is 8.74. The summed E-state index contributed by atoms with van der Waals surface area (Å²) in [6.45, 7) is 5.86. The molecule has 5 nitrogen and oxygen atoms in total. The first kappa shape index (κ1) is 20.4. The second-order valence-electron chi connectivity index (χ2n) is 6.52.